The van der Waals surface area contributed by atoms with Crippen molar-refractivity contribution < 1.29 is 0 Å². The van der Waals surface area contributed by atoms with Crippen LogP contribution in [0.25, 0.3) is 22.3 Å². The number of benzene rings is 3. The lowest BCUT2D eigenvalue weighted by atomic mass is 9.92. The maximum atomic E-state index is 6.04. The van der Waals surface area contributed by atoms with Crippen LogP contribution in [0.4, 0.5) is 0 Å². The first-order valence-corrected chi connectivity index (χ1v) is 7.83. The highest BCUT2D eigenvalue weighted by Gasteiger charge is 2.35. The fourth-order valence-electron chi connectivity index (χ4n) is 3.12. The van der Waals surface area contributed by atoms with E-state index < -0.39 is 0 Å². The van der Waals surface area contributed by atoms with E-state index in [1.54, 1.807) is 0 Å². The molecule has 0 bridgehead atoms. The first-order chi connectivity index (χ1) is 10.8. The van der Waals surface area contributed by atoms with Gasteiger partial charge >= 0.3 is 0 Å². The molecule has 1 aliphatic rings. The lowest BCUT2D eigenvalue weighted by Gasteiger charge is -2.13. The van der Waals surface area contributed by atoms with E-state index in [2.05, 4.69) is 78.9 Å². The van der Waals surface area contributed by atoms with Gasteiger partial charge in [0, 0.05) is 12.0 Å². The largest absolute Gasteiger partial charge is 0.327 e. The zero-order valence-electron chi connectivity index (χ0n) is 12.9. The quantitative estimate of drug-likeness (QED) is 0.700. The summed E-state index contributed by atoms with van der Waals surface area (Å²) in [5.41, 5.74) is 12.5. The average Bonchev–Trinajstić information content (AvgIpc) is 3.33. The van der Waals surface area contributed by atoms with E-state index in [9.17, 15) is 0 Å². The Bertz CT molecular complexity index is 783. The molecule has 23 heavy (non-hydrogen) atoms. The third-order valence-electron chi connectivity index (χ3n) is 4.48. The van der Waals surface area contributed by atoms with Crippen LogP contribution in [0, 0.1) is 0 Å². The minimum Gasteiger partial charge on any atom is -0.327 e. The maximum absolute atomic E-state index is 6.04. The van der Waals surface area contributed by atoms with Crippen LogP contribution in [0.2, 0.25) is 0 Å². The highest BCUT2D eigenvalue weighted by atomic mass is 35.5. The van der Waals surface area contributed by atoms with Gasteiger partial charge in [0.15, 0.2) is 0 Å². The van der Waals surface area contributed by atoms with Crippen molar-refractivity contribution in [3.05, 3.63) is 84.4 Å². The molecule has 0 radical (unpaired) electrons. The standard InChI is InChI=1S/C21H19N.ClH/c22-21-14-20(21)17-11-12-18(15-7-3-1-4-8-15)19(13-17)16-9-5-2-6-10-16;/h1-13,20-21H,14,22H2;1H/t20-,21+;/m0./s1. The number of halogens is 1. The van der Waals surface area contributed by atoms with Crippen molar-refractivity contribution in [1.82, 2.24) is 0 Å². The van der Waals surface area contributed by atoms with Crippen LogP contribution in [0.1, 0.15) is 17.9 Å². The van der Waals surface area contributed by atoms with Gasteiger partial charge in [-0.3, -0.25) is 0 Å². The van der Waals surface area contributed by atoms with Crippen molar-refractivity contribution in [1.29, 1.82) is 0 Å². The fourth-order valence-corrected chi connectivity index (χ4v) is 3.12. The van der Waals surface area contributed by atoms with Crippen LogP contribution in [0.15, 0.2) is 78.9 Å². The van der Waals surface area contributed by atoms with Gasteiger partial charge in [-0.05, 0) is 34.2 Å². The Balaban J connectivity index is 0.00000156. The molecule has 0 aromatic heterocycles. The summed E-state index contributed by atoms with van der Waals surface area (Å²) in [6.45, 7) is 0. The summed E-state index contributed by atoms with van der Waals surface area (Å²) in [5.74, 6) is 0.535. The second-order valence-electron chi connectivity index (χ2n) is 6.04. The molecule has 3 aromatic rings. The van der Waals surface area contributed by atoms with Crippen molar-refractivity contribution in [2.45, 2.75) is 18.4 Å². The molecule has 1 nitrogen and oxygen atoms in total. The first-order valence-electron chi connectivity index (χ1n) is 7.83. The van der Waals surface area contributed by atoms with Crippen molar-refractivity contribution in [2.24, 2.45) is 5.73 Å². The molecule has 0 saturated heterocycles. The highest BCUT2D eigenvalue weighted by Crippen LogP contribution is 2.42. The predicted molar refractivity (Wildman–Crippen MR) is 99.9 cm³/mol. The molecule has 1 saturated carbocycles. The molecule has 2 N–H and O–H groups in total. The molecule has 0 amide bonds. The van der Waals surface area contributed by atoms with Crippen LogP contribution in [0.5, 0.6) is 0 Å². The van der Waals surface area contributed by atoms with Crippen LogP contribution in [-0.2, 0) is 0 Å². The van der Waals surface area contributed by atoms with Crippen LogP contribution >= 0.6 is 12.4 Å². The molecule has 0 heterocycles. The molecular weight excluding hydrogens is 302 g/mol. The zero-order chi connectivity index (χ0) is 14.9. The predicted octanol–water partition coefficient (Wildman–Crippen LogP) is 5.26. The fraction of sp³-hybridized carbons (Fsp3) is 0.143. The summed E-state index contributed by atoms with van der Waals surface area (Å²) in [4.78, 5) is 0. The van der Waals surface area contributed by atoms with Gasteiger partial charge in [-0.1, -0.05) is 78.9 Å². The topological polar surface area (TPSA) is 26.0 Å². The van der Waals surface area contributed by atoms with Crippen LogP contribution < -0.4 is 5.73 Å². The average molecular weight is 322 g/mol. The highest BCUT2D eigenvalue weighted by molar-refractivity contribution is 5.85. The SMILES string of the molecule is Cl.N[C@@H]1C[C@H]1c1ccc(-c2ccccc2)c(-c2ccccc2)c1. The van der Waals surface area contributed by atoms with Crippen LogP contribution in [0.3, 0.4) is 0 Å². The van der Waals surface area contributed by atoms with Gasteiger partial charge in [0.25, 0.3) is 0 Å². The minimum atomic E-state index is 0. The Morgan fingerprint density at radius 3 is 1.74 bits per heavy atom. The van der Waals surface area contributed by atoms with Gasteiger partial charge in [-0.15, -0.1) is 12.4 Å². The third-order valence-corrected chi connectivity index (χ3v) is 4.48. The monoisotopic (exact) mass is 321 g/mol. The van der Waals surface area contributed by atoms with Gasteiger partial charge in [0.05, 0.1) is 0 Å². The summed E-state index contributed by atoms with van der Waals surface area (Å²) in [7, 11) is 0. The summed E-state index contributed by atoms with van der Waals surface area (Å²) < 4.78 is 0. The molecule has 3 aromatic carbocycles. The molecular formula is C21H20ClN. The van der Waals surface area contributed by atoms with Gasteiger partial charge in [0.2, 0.25) is 0 Å². The lowest BCUT2D eigenvalue weighted by Crippen LogP contribution is -2.01. The van der Waals surface area contributed by atoms with E-state index in [1.165, 1.54) is 27.8 Å². The van der Waals surface area contributed by atoms with E-state index in [1.807, 2.05) is 0 Å². The molecule has 2 atom stereocenters. The van der Waals surface area contributed by atoms with Crippen molar-refractivity contribution in [3.63, 3.8) is 0 Å². The van der Waals surface area contributed by atoms with E-state index in [4.69, 9.17) is 5.73 Å². The summed E-state index contributed by atoms with van der Waals surface area (Å²) in [6.07, 6.45) is 1.11. The molecule has 0 unspecified atom stereocenters. The molecule has 1 aliphatic carbocycles. The Kier molecular flexibility index (Phi) is 4.51. The molecule has 116 valence electrons. The van der Waals surface area contributed by atoms with Crippen LogP contribution in [-0.4, -0.2) is 6.04 Å². The van der Waals surface area contributed by atoms with E-state index in [-0.39, 0.29) is 12.4 Å². The minimum absolute atomic E-state index is 0. The normalized spacial score (nSPS) is 19.0. The van der Waals surface area contributed by atoms with Crippen molar-refractivity contribution in [2.75, 3.05) is 0 Å². The Morgan fingerprint density at radius 1 is 0.696 bits per heavy atom. The number of nitrogens with two attached hydrogens (primary N) is 1. The Morgan fingerprint density at radius 2 is 1.22 bits per heavy atom. The van der Waals surface area contributed by atoms with Gasteiger partial charge in [0.1, 0.15) is 0 Å². The third kappa shape index (κ3) is 3.17. The molecule has 0 aliphatic heterocycles. The van der Waals surface area contributed by atoms with E-state index >= 15 is 0 Å². The lowest BCUT2D eigenvalue weighted by molar-refractivity contribution is 0.991. The molecule has 0 spiro atoms. The first kappa shape index (κ1) is 15.8. The summed E-state index contributed by atoms with van der Waals surface area (Å²) in [6, 6.07) is 28.4. The smallest absolute Gasteiger partial charge is 0.0115 e. The number of hydrogen-bond acceptors (Lipinski definition) is 1. The molecule has 1 fully saturated rings. The van der Waals surface area contributed by atoms with E-state index in [0.29, 0.717) is 12.0 Å². The van der Waals surface area contributed by atoms with Crippen molar-refractivity contribution >= 4 is 12.4 Å². The molecule has 2 heteroatoms. The second-order valence-corrected chi connectivity index (χ2v) is 6.04. The van der Waals surface area contributed by atoms with Crippen molar-refractivity contribution in [3.8, 4) is 22.3 Å². The van der Waals surface area contributed by atoms with Gasteiger partial charge in [-0.2, -0.15) is 0 Å². The molecule has 4 rings (SSSR count). The number of hydrogen-bond donors (Lipinski definition) is 1. The second kappa shape index (κ2) is 6.57. The van der Waals surface area contributed by atoms with Gasteiger partial charge in [-0.25, -0.2) is 0 Å². The Hall–Kier alpha value is -2.09. The van der Waals surface area contributed by atoms with Gasteiger partial charge < -0.3 is 5.73 Å². The summed E-state index contributed by atoms with van der Waals surface area (Å²) in [5, 5.41) is 0. The maximum Gasteiger partial charge on any atom is 0.0115 e. The van der Waals surface area contributed by atoms with E-state index in [0.717, 1.165) is 6.42 Å². The zero-order valence-corrected chi connectivity index (χ0v) is 13.7. The number of rotatable bonds is 3. The summed E-state index contributed by atoms with van der Waals surface area (Å²) >= 11 is 0. The Labute approximate surface area is 143 Å².